The standard InChI is InChI=1S/C66H40B2N4O2/c1-5-17-41(18-6-1)69(42-19-7-2-8-20-42)45-33-35-49-59(39-45)73-57-31-15-29-55-63(57)67(49)51-27-13-25-47-61-53(71(55)65(47)51)37-38-54-62(61)48-26-14-28-52-66(48)72(54)56-30-16-32-58-64(56)68(52)50-36-34-46(40-60(50)74-58)70(43-21-9-3-10-22-43)44-23-11-4-12-24-44/h1-40H. The topological polar surface area (TPSA) is 34.8 Å². The molecule has 74 heavy (non-hydrogen) atoms. The molecule has 0 aliphatic carbocycles. The minimum absolute atomic E-state index is 0.0207. The molecule has 342 valence electrons. The maximum Gasteiger partial charge on any atom is 0.256 e. The third-order valence-electron chi connectivity index (χ3n) is 16.2. The van der Waals surface area contributed by atoms with E-state index in [0.717, 1.165) is 68.5 Å². The summed E-state index contributed by atoms with van der Waals surface area (Å²) in [6.45, 7) is -0.0414. The van der Waals surface area contributed by atoms with Crippen LogP contribution in [-0.2, 0) is 0 Å². The molecule has 0 N–H and O–H groups in total. The minimum atomic E-state index is -0.0207. The summed E-state index contributed by atoms with van der Waals surface area (Å²) in [5.74, 6) is 3.55. The van der Waals surface area contributed by atoms with Crippen LogP contribution in [0.2, 0.25) is 0 Å². The molecule has 4 aliphatic heterocycles. The molecule has 6 heterocycles. The van der Waals surface area contributed by atoms with Crippen molar-refractivity contribution in [3.05, 3.63) is 243 Å². The highest BCUT2D eigenvalue weighted by atomic mass is 16.5. The summed E-state index contributed by atoms with van der Waals surface area (Å²) in [6, 6.07) is 87.7. The van der Waals surface area contributed by atoms with Gasteiger partial charge in [-0.15, -0.1) is 0 Å². The lowest BCUT2D eigenvalue weighted by Crippen LogP contribution is -2.58. The number of rotatable bonds is 6. The van der Waals surface area contributed by atoms with Gasteiger partial charge in [0.1, 0.15) is 23.0 Å². The van der Waals surface area contributed by atoms with Gasteiger partial charge in [-0.25, -0.2) is 0 Å². The van der Waals surface area contributed by atoms with Crippen LogP contribution in [-0.4, -0.2) is 22.6 Å². The van der Waals surface area contributed by atoms with Crippen LogP contribution in [0.15, 0.2) is 243 Å². The summed E-state index contributed by atoms with van der Waals surface area (Å²) < 4.78 is 19.1. The van der Waals surface area contributed by atoms with E-state index in [-0.39, 0.29) is 13.4 Å². The van der Waals surface area contributed by atoms with Crippen LogP contribution >= 0.6 is 0 Å². The Morgan fingerprint density at radius 1 is 0.297 bits per heavy atom. The molecule has 6 nitrogen and oxygen atoms in total. The minimum Gasteiger partial charge on any atom is -0.458 e. The first-order valence-corrected chi connectivity index (χ1v) is 25.5. The van der Waals surface area contributed by atoms with Crippen molar-refractivity contribution in [3.8, 4) is 34.4 Å². The van der Waals surface area contributed by atoms with E-state index in [1.165, 1.54) is 76.4 Å². The molecule has 13 aromatic rings. The highest BCUT2D eigenvalue weighted by molar-refractivity contribution is 7.00. The van der Waals surface area contributed by atoms with Gasteiger partial charge in [0, 0.05) is 90.2 Å². The van der Waals surface area contributed by atoms with Crippen molar-refractivity contribution in [2.24, 2.45) is 0 Å². The summed E-state index contributed by atoms with van der Waals surface area (Å²) in [7, 11) is 0. The molecule has 0 fully saturated rings. The SMILES string of the molecule is c1ccc(N(c2ccccc2)c2ccc3c(c2)Oc2cccc4c2B3c2cccc3c5c6c7cccc8c7n(c6ccc5n-4c23)-c2cccc3c2B8c2ccc(N(c4ccccc4)c4ccccc4)cc2O3)cc1. The Morgan fingerprint density at radius 2 is 0.676 bits per heavy atom. The van der Waals surface area contributed by atoms with Crippen molar-refractivity contribution < 1.29 is 9.47 Å². The quantitative estimate of drug-likeness (QED) is 0.156. The predicted octanol–water partition coefficient (Wildman–Crippen LogP) is 12.7. The molecule has 0 radical (unpaired) electrons. The molecule has 0 unspecified atom stereocenters. The Labute approximate surface area is 427 Å². The van der Waals surface area contributed by atoms with Gasteiger partial charge in [0.05, 0.1) is 11.0 Å². The third-order valence-corrected chi connectivity index (χ3v) is 16.2. The molecular weight excluding hydrogens is 902 g/mol. The molecule has 4 aliphatic rings. The van der Waals surface area contributed by atoms with Crippen molar-refractivity contribution >= 4 is 124 Å². The lowest BCUT2D eigenvalue weighted by atomic mass is 9.34. The third kappa shape index (κ3) is 5.35. The lowest BCUT2D eigenvalue weighted by molar-refractivity contribution is 0.487. The molecule has 11 aromatic carbocycles. The zero-order chi connectivity index (χ0) is 48.2. The Kier molecular flexibility index (Phi) is 8.08. The van der Waals surface area contributed by atoms with E-state index in [1.807, 2.05) is 0 Å². The number of nitrogens with zero attached hydrogens (tertiary/aromatic N) is 4. The number of ether oxygens (including phenoxy) is 2. The fourth-order valence-corrected chi connectivity index (χ4v) is 13.3. The van der Waals surface area contributed by atoms with E-state index >= 15 is 0 Å². The second-order valence-electron chi connectivity index (χ2n) is 19.9. The smallest absolute Gasteiger partial charge is 0.256 e. The number of para-hydroxylation sites is 6. The molecule has 0 bridgehead atoms. The zero-order valence-corrected chi connectivity index (χ0v) is 39.9. The Balaban J connectivity index is 0.861. The predicted molar refractivity (Wildman–Crippen MR) is 307 cm³/mol. The number of aromatic nitrogens is 2. The van der Waals surface area contributed by atoms with Gasteiger partial charge < -0.3 is 28.4 Å². The monoisotopic (exact) mass is 942 g/mol. The van der Waals surface area contributed by atoms with E-state index in [2.05, 4.69) is 262 Å². The Hall–Kier alpha value is -9.65. The summed E-state index contributed by atoms with van der Waals surface area (Å²) in [5, 5.41) is 5.04. The van der Waals surface area contributed by atoms with Gasteiger partial charge in [-0.3, -0.25) is 0 Å². The van der Waals surface area contributed by atoms with E-state index in [4.69, 9.17) is 9.47 Å². The van der Waals surface area contributed by atoms with Crippen LogP contribution in [0.1, 0.15) is 0 Å². The summed E-state index contributed by atoms with van der Waals surface area (Å²) in [5.41, 5.74) is 21.0. The van der Waals surface area contributed by atoms with Crippen molar-refractivity contribution in [2.45, 2.75) is 0 Å². The Bertz CT molecular complexity index is 4150. The maximum absolute atomic E-state index is 7.05. The van der Waals surface area contributed by atoms with Crippen LogP contribution < -0.4 is 52.1 Å². The lowest BCUT2D eigenvalue weighted by Gasteiger charge is -2.34. The largest absolute Gasteiger partial charge is 0.458 e. The van der Waals surface area contributed by atoms with Crippen LogP contribution in [0, 0.1) is 0 Å². The van der Waals surface area contributed by atoms with E-state index in [9.17, 15) is 0 Å². The van der Waals surface area contributed by atoms with Crippen LogP contribution in [0.4, 0.5) is 34.1 Å². The van der Waals surface area contributed by atoms with E-state index < -0.39 is 0 Å². The highest BCUT2D eigenvalue weighted by Crippen LogP contribution is 2.46. The summed E-state index contributed by atoms with van der Waals surface area (Å²) in [4.78, 5) is 4.61. The van der Waals surface area contributed by atoms with Gasteiger partial charge >= 0.3 is 0 Å². The number of hydrogen-bond acceptors (Lipinski definition) is 4. The zero-order valence-electron chi connectivity index (χ0n) is 39.9. The molecule has 0 amide bonds. The van der Waals surface area contributed by atoms with Crippen molar-refractivity contribution in [1.29, 1.82) is 0 Å². The molecule has 17 rings (SSSR count). The highest BCUT2D eigenvalue weighted by Gasteiger charge is 2.43. The Morgan fingerprint density at radius 3 is 1.07 bits per heavy atom. The molecule has 0 spiro atoms. The fraction of sp³-hybridized carbons (Fsp3) is 0. The fourth-order valence-electron chi connectivity index (χ4n) is 13.3. The normalized spacial score (nSPS) is 13.0. The molecule has 8 heteroatoms. The van der Waals surface area contributed by atoms with Gasteiger partial charge in [0.2, 0.25) is 0 Å². The maximum atomic E-state index is 7.05. The molecule has 2 aromatic heterocycles. The second-order valence-corrected chi connectivity index (χ2v) is 19.9. The second kappa shape index (κ2) is 14.9. The number of anilines is 6. The number of benzene rings is 11. The van der Waals surface area contributed by atoms with Crippen molar-refractivity contribution in [1.82, 2.24) is 9.13 Å². The number of hydrogen-bond donors (Lipinski definition) is 0. The van der Waals surface area contributed by atoms with E-state index in [0.29, 0.717) is 0 Å². The van der Waals surface area contributed by atoms with Gasteiger partial charge in [-0.05, 0) is 130 Å². The van der Waals surface area contributed by atoms with Gasteiger partial charge in [-0.2, -0.15) is 0 Å². The first kappa shape index (κ1) is 40.0. The van der Waals surface area contributed by atoms with Crippen molar-refractivity contribution in [2.75, 3.05) is 9.80 Å². The van der Waals surface area contributed by atoms with Gasteiger partial charge in [0.25, 0.3) is 13.4 Å². The van der Waals surface area contributed by atoms with Crippen LogP contribution in [0.3, 0.4) is 0 Å². The summed E-state index contributed by atoms with van der Waals surface area (Å²) in [6.07, 6.45) is 0. The molecule has 0 saturated carbocycles. The molecule has 0 atom stereocenters. The van der Waals surface area contributed by atoms with Gasteiger partial charge in [0.15, 0.2) is 0 Å². The molecule has 0 saturated heterocycles. The number of fused-ring (bicyclic) bond motifs is 15. The van der Waals surface area contributed by atoms with Crippen LogP contribution in [0.25, 0.3) is 55.0 Å². The van der Waals surface area contributed by atoms with Crippen LogP contribution in [0.5, 0.6) is 23.0 Å². The first-order valence-electron chi connectivity index (χ1n) is 25.5. The summed E-state index contributed by atoms with van der Waals surface area (Å²) >= 11 is 0. The van der Waals surface area contributed by atoms with Crippen molar-refractivity contribution in [3.63, 3.8) is 0 Å². The van der Waals surface area contributed by atoms with Gasteiger partial charge in [-0.1, -0.05) is 133 Å². The molecular formula is C66H40B2N4O2. The first-order chi connectivity index (χ1) is 36.7. The average molecular weight is 943 g/mol. The average Bonchev–Trinajstić information content (AvgIpc) is 4.04. The van der Waals surface area contributed by atoms with E-state index in [1.54, 1.807) is 0 Å².